The Morgan fingerprint density at radius 3 is 1.29 bits per heavy atom. The quantitative estimate of drug-likeness (QED) is 0.307. The first kappa shape index (κ1) is 45.8. The van der Waals surface area contributed by atoms with Gasteiger partial charge in [-0.15, -0.1) is 19.7 Å². The van der Waals surface area contributed by atoms with Crippen LogP contribution >= 0.6 is 0 Å². The zero-order chi connectivity index (χ0) is 24.8. The van der Waals surface area contributed by atoms with Gasteiger partial charge >= 0.3 is 0 Å². The summed E-state index contributed by atoms with van der Waals surface area (Å²) in [5.41, 5.74) is 1.74. The fourth-order valence-corrected chi connectivity index (χ4v) is 1.76. The van der Waals surface area contributed by atoms with Crippen LogP contribution in [-0.2, 0) is 0 Å². The second kappa shape index (κ2) is 45.1. The number of unbranched alkanes of at least 4 members (excludes halogenated alkanes) is 1. The molecular formula is C28H64. The Kier molecular flexibility index (Phi) is 73.8. The molecule has 0 nitrogen and oxygen atoms in total. The Balaban J connectivity index is -0.0000000465. The summed E-state index contributed by atoms with van der Waals surface area (Å²) in [7, 11) is 0. The first-order valence-electron chi connectivity index (χ1n) is 11.9. The van der Waals surface area contributed by atoms with E-state index in [9.17, 15) is 0 Å². The SMILES string of the molecule is C=C.C=C(C)C(C)C.C=CCCCC(CC)C(C)(C)C.CC.CC.CC.CC. The molecule has 0 aliphatic rings. The van der Waals surface area contributed by atoms with E-state index in [1.54, 1.807) is 0 Å². The third-order valence-corrected chi connectivity index (χ3v) is 3.66. The van der Waals surface area contributed by atoms with Crippen molar-refractivity contribution in [2.75, 3.05) is 0 Å². The molecule has 0 fully saturated rings. The van der Waals surface area contributed by atoms with Crippen molar-refractivity contribution in [1.29, 1.82) is 0 Å². The van der Waals surface area contributed by atoms with Crippen LogP contribution in [0.2, 0.25) is 0 Å². The highest BCUT2D eigenvalue weighted by Crippen LogP contribution is 2.32. The molecule has 0 heteroatoms. The summed E-state index contributed by atoms with van der Waals surface area (Å²) < 4.78 is 0. The zero-order valence-electron chi connectivity index (χ0n) is 23.4. The molecule has 0 aromatic heterocycles. The smallest absolute Gasteiger partial charge is 0.0266 e. The van der Waals surface area contributed by atoms with Gasteiger partial charge in [-0.1, -0.05) is 122 Å². The molecule has 0 spiro atoms. The standard InChI is InChI=1S/C12H24.C6H12.4C2H6.C2H4/c1-6-8-9-10-11(7-2)12(3,4)5;1-5(2)6(3)4;5*1-2/h6,11H,1,7-10H2,2-5H3;6H,1H2,2-4H3;4*1-2H3;1-2H2. The lowest BCUT2D eigenvalue weighted by Gasteiger charge is -2.29. The van der Waals surface area contributed by atoms with E-state index in [-0.39, 0.29) is 0 Å². The molecule has 0 aromatic rings. The zero-order valence-corrected chi connectivity index (χ0v) is 23.4. The van der Waals surface area contributed by atoms with Crippen LogP contribution in [0.4, 0.5) is 0 Å². The lowest BCUT2D eigenvalue weighted by atomic mass is 9.76. The highest BCUT2D eigenvalue weighted by atomic mass is 14.3. The molecule has 0 aliphatic carbocycles. The predicted octanol–water partition coefficient (Wildman–Crippen LogP) is 11.5. The highest BCUT2D eigenvalue weighted by molar-refractivity contribution is 4.90. The van der Waals surface area contributed by atoms with Crippen LogP contribution in [0.25, 0.3) is 0 Å². The first-order valence-corrected chi connectivity index (χ1v) is 11.9. The minimum Gasteiger partial charge on any atom is -0.106 e. The molecule has 0 aromatic carbocycles. The number of rotatable bonds is 6. The van der Waals surface area contributed by atoms with Crippen molar-refractivity contribution in [1.82, 2.24) is 0 Å². The summed E-state index contributed by atoms with van der Waals surface area (Å²) >= 11 is 0. The molecule has 0 saturated carbocycles. The van der Waals surface area contributed by atoms with Crippen LogP contribution in [0.3, 0.4) is 0 Å². The lowest BCUT2D eigenvalue weighted by molar-refractivity contribution is 0.215. The van der Waals surface area contributed by atoms with E-state index in [1.807, 2.05) is 68.4 Å². The Labute approximate surface area is 185 Å². The van der Waals surface area contributed by atoms with Crippen LogP contribution in [0.5, 0.6) is 0 Å². The Morgan fingerprint density at radius 1 is 0.857 bits per heavy atom. The number of hydrogen-bond donors (Lipinski definition) is 0. The van der Waals surface area contributed by atoms with Crippen molar-refractivity contribution in [2.45, 2.75) is 130 Å². The third kappa shape index (κ3) is 56.2. The van der Waals surface area contributed by atoms with Crippen molar-refractivity contribution >= 4 is 0 Å². The molecule has 0 N–H and O–H groups in total. The van der Waals surface area contributed by atoms with Gasteiger partial charge in [0.25, 0.3) is 0 Å². The molecule has 1 unspecified atom stereocenters. The number of hydrogen-bond acceptors (Lipinski definition) is 0. The summed E-state index contributed by atoms with van der Waals surface area (Å²) in [5.74, 6) is 1.53. The summed E-state index contributed by atoms with van der Waals surface area (Å²) in [6.45, 7) is 45.2. The van der Waals surface area contributed by atoms with Gasteiger partial charge in [0, 0.05) is 0 Å². The van der Waals surface area contributed by atoms with E-state index >= 15 is 0 Å². The van der Waals surface area contributed by atoms with Gasteiger partial charge in [-0.3, -0.25) is 0 Å². The first-order chi connectivity index (χ1) is 13.2. The molecule has 0 amide bonds. The summed E-state index contributed by atoms with van der Waals surface area (Å²) in [5, 5.41) is 0. The molecule has 0 heterocycles. The van der Waals surface area contributed by atoms with E-state index in [0.29, 0.717) is 11.3 Å². The lowest BCUT2D eigenvalue weighted by Crippen LogP contribution is -2.19. The van der Waals surface area contributed by atoms with Crippen molar-refractivity contribution in [3.05, 3.63) is 38.0 Å². The molecule has 0 radical (unpaired) electrons. The monoisotopic (exact) mass is 401 g/mol. The van der Waals surface area contributed by atoms with Gasteiger partial charge < -0.3 is 0 Å². The molecule has 1 atom stereocenters. The van der Waals surface area contributed by atoms with Gasteiger partial charge in [0.05, 0.1) is 0 Å². The summed E-state index contributed by atoms with van der Waals surface area (Å²) in [4.78, 5) is 0. The molecule has 0 saturated heterocycles. The van der Waals surface area contributed by atoms with Gasteiger partial charge in [-0.05, 0) is 43.4 Å². The molecule has 28 heavy (non-hydrogen) atoms. The molecular weight excluding hydrogens is 336 g/mol. The van der Waals surface area contributed by atoms with Crippen LogP contribution < -0.4 is 0 Å². The number of allylic oxidation sites excluding steroid dienone is 2. The minimum atomic E-state index is 0.482. The van der Waals surface area contributed by atoms with Crippen molar-refractivity contribution in [3.63, 3.8) is 0 Å². The third-order valence-electron chi connectivity index (χ3n) is 3.66. The van der Waals surface area contributed by atoms with Gasteiger partial charge in [0.15, 0.2) is 0 Å². The van der Waals surface area contributed by atoms with E-state index in [0.717, 1.165) is 5.92 Å². The predicted molar refractivity (Wildman–Crippen MR) is 144 cm³/mol. The average Bonchev–Trinajstić information content (AvgIpc) is 2.72. The fourth-order valence-electron chi connectivity index (χ4n) is 1.76. The molecule has 0 bridgehead atoms. The second-order valence-electron chi connectivity index (χ2n) is 6.69. The molecule has 0 aliphatic heterocycles. The van der Waals surface area contributed by atoms with Crippen LogP contribution in [0, 0.1) is 17.3 Å². The van der Waals surface area contributed by atoms with Gasteiger partial charge in [0.1, 0.15) is 0 Å². The minimum absolute atomic E-state index is 0.482. The van der Waals surface area contributed by atoms with Gasteiger partial charge in [-0.2, -0.15) is 0 Å². The van der Waals surface area contributed by atoms with E-state index in [4.69, 9.17) is 0 Å². The van der Waals surface area contributed by atoms with Crippen LogP contribution in [0.15, 0.2) is 38.0 Å². The maximum atomic E-state index is 3.75. The molecule has 0 rings (SSSR count). The maximum absolute atomic E-state index is 3.75. The summed E-state index contributed by atoms with van der Waals surface area (Å²) in [6, 6.07) is 0. The normalized spacial score (nSPS) is 9.14. The Bertz CT molecular complexity index is 227. The van der Waals surface area contributed by atoms with E-state index < -0.39 is 0 Å². The van der Waals surface area contributed by atoms with Crippen LogP contribution in [-0.4, -0.2) is 0 Å². The second-order valence-corrected chi connectivity index (χ2v) is 6.69. The summed E-state index contributed by atoms with van der Waals surface area (Å²) in [6.07, 6.45) is 7.16. The van der Waals surface area contributed by atoms with Crippen molar-refractivity contribution in [3.8, 4) is 0 Å². The van der Waals surface area contributed by atoms with Gasteiger partial charge in [0.2, 0.25) is 0 Å². The fraction of sp³-hybridized carbons (Fsp3) is 0.786. The molecule has 176 valence electrons. The van der Waals surface area contributed by atoms with Gasteiger partial charge in [-0.25, -0.2) is 0 Å². The topological polar surface area (TPSA) is 0 Å². The van der Waals surface area contributed by atoms with Crippen LogP contribution in [0.1, 0.15) is 130 Å². The Morgan fingerprint density at radius 2 is 1.14 bits per heavy atom. The average molecular weight is 401 g/mol. The maximum Gasteiger partial charge on any atom is -0.0266 e. The van der Waals surface area contributed by atoms with E-state index in [1.165, 1.54) is 31.3 Å². The van der Waals surface area contributed by atoms with Crippen molar-refractivity contribution in [2.24, 2.45) is 17.3 Å². The Hall–Kier alpha value is -0.780. The van der Waals surface area contributed by atoms with Crippen molar-refractivity contribution < 1.29 is 0 Å². The largest absolute Gasteiger partial charge is 0.106 e. The highest BCUT2D eigenvalue weighted by Gasteiger charge is 2.21. The van der Waals surface area contributed by atoms with E-state index in [2.05, 4.69) is 67.9 Å².